The molecule has 0 nitrogen and oxygen atoms in total. The molecule has 2 aromatic carbocycles. The van der Waals surface area contributed by atoms with Gasteiger partial charge in [-0.1, -0.05) is 0 Å². The number of hydrogen-bond acceptors (Lipinski definition) is 0. The van der Waals surface area contributed by atoms with Gasteiger partial charge in [-0.3, -0.25) is 0 Å². The Balaban J connectivity index is 1.97. The molecule has 0 N–H and O–H groups in total. The quantitative estimate of drug-likeness (QED) is 0.624. The van der Waals surface area contributed by atoms with Crippen molar-refractivity contribution >= 4 is 41.3 Å². The first-order valence-corrected chi connectivity index (χ1v) is 14.3. The maximum absolute atomic E-state index is 12.7. The van der Waals surface area contributed by atoms with Crippen molar-refractivity contribution in [1.82, 2.24) is 0 Å². The summed E-state index contributed by atoms with van der Waals surface area (Å²) in [5, 5.41) is 0. The Bertz CT molecular complexity index is 406. The number of halogens is 2. The zero-order valence-corrected chi connectivity index (χ0v) is 12.9. The van der Waals surface area contributed by atoms with Crippen molar-refractivity contribution in [2.75, 3.05) is 0 Å². The van der Waals surface area contributed by atoms with Crippen LogP contribution < -0.4 is 7.22 Å². The molecular weight excluding hydrogens is 437 g/mol. The van der Waals surface area contributed by atoms with Gasteiger partial charge in [-0.25, -0.2) is 0 Å². The second-order valence-corrected chi connectivity index (χ2v) is 13.1. The van der Waals surface area contributed by atoms with Gasteiger partial charge in [-0.2, -0.15) is 0 Å². The van der Waals surface area contributed by atoms with E-state index in [1.54, 1.807) is 0 Å². The van der Waals surface area contributed by atoms with Crippen LogP contribution in [0, 0.1) is 11.6 Å². The summed E-state index contributed by atoms with van der Waals surface area (Å²) < 4.78 is 27.9. The molecule has 0 aliphatic carbocycles. The summed E-state index contributed by atoms with van der Waals surface area (Å²) in [6, 6.07) is 13.5. The Labute approximate surface area is 109 Å². The van der Waals surface area contributed by atoms with Crippen molar-refractivity contribution in [3.05, 3.63) is 60.2 Å². The molecule has 0 saturated carbocycles. The topological polar surface area (TPSA) is 0 Å². The van der Waals surface area contributed by atoms with Crippen LogP contribution in [0.15, 0.2) is 48.5 Å². The molecule has 0 amide bonds. The Kier molecular flexibility index (Phi) is 4.62. The van der Waals surface area contributed by atoms with Crippen LogP contribution in [0.2, 0.25) is 0 Å². The van der Waals surface area contributed by atoms with Gasteiger partial charge in [0.2, 0.25) is 0 Å². The van der Waals surface area contributed by atoms with Gasteiger partial charge in [0.25, 0.3) is 0 Å². The van der Waals surface area contributed by atoms with Crippen molar-refractivity contribution in [2.24, 2.45) is 0 Å². The summed E-state index contributed by atoms with van der Waals surface area (Å²) in [6.07, 6.45) is 0. The third-order valence-corrected chi connectivity index (χ3v) is 13.7. The normalized spacial score (nSPS) is 10.4. The van der Waals surface area contributed by atoms with Crippen molar-refractivity contribution in [2.45, 2.75) is 0 Å². The van der Waals surface area contributed by atoms with Crippen LogP contribution in [0.4, 0.5) is 8.78 Å². The standard InChI is InChI=1S/C12H8F2Te2/c13-9-1-5-11(6-2-9)15-16-12-7-3-10(14)4-8-12/h1-8H. The summed E-state index contributed by atoms with van der Waals surface area (Å²) >= 11 is -0.432. The molecule has 0 fully saturated rings. The Morgan fingerprint density at radius 1 is 0.562 bits per heavy atom. The van der Waals surface area contributed by atoms with Gasteiger partial charge in [0, 0.05) is 0 Å². The van der Waals surface area contributed by atoms with E-state index in [1.807, 2.05) is 24.3 Å². The fourth-order valence-electron chi connectivity index (χ4n) is 1.08. The molecule has 0 radical (unpaired) electrons. The molecule has 82 valence electrons. The van der Waals surface area contributed by atoms with Gasteiger partial charge in [0.15, 0.2) is 0 Å². The van der Waals surface area contributed by atoms with Crippen LogP contribution in [0.1, 0.15) is 0 Å². The number of hydrogen-bond donors (Lipinski definition) is 0. The predicted octanol–water partition coefficient (Wildman–Crippen LogP) is 1.24. The van der Waals surface area contributed by atoms with Gasteiger partial charge in [-0.05, 0) is 0 Å². The minimum atomic E-state index is -0.216. The second kappa shape index (κ2) is 5.99. The fraction of sp³-hybridized carbons (Fsp3) is 0. The predicted molar refractivity (Wildman–Crippen MR) is 63.6 cm³/mol. The molecule has 0 spiro atoms. The van der Waals surface area contributed by atoms with Crippen molar-refractivity contribution in [1.29, 1.82) is 0 Å². The van der Waals surface area contributed by atoms with Crippen LogP contribution in [-0.4, -0.2) is 34.1 Å². The van der Waals surface area contributed by atoms with Crippen molar-refractivity contribution in [3.8, 4) is 0 Å². The van der Waals surface area contributed by atoms with E-state index >= 15 is 0 Å². The minimum absolute atomic E-state index is 0.182. The average molecular weight is 445 g/mol. The van der Waals surface area contributed by atoms with E-state index in [-0.39, 0.29) is 45.7 Å². The average Bonchev–Trinajstić information content (AvgIpc) is 2.30. The van der Waals surface area contributed by atoms with Crippen LogP contribution >= 0.6 is 0 Å². The second-order valence-electron chi connectivity index (χ2n) is 3.07. The van der Waals surface area contributed by atoms with Crippen molar-refractivity contribution < 1.29 is 8.78 Å². The number of rotatable bonds is 3. The zero-order chi connectivity index (χ0) is 11.4. The fourth-order valence-corrected chi connectivity index (χ4v) is 11.0. The summed E-state index contributed by atoms with van der Waals surface area (Å²) in [4.78, 5) is 0. The van der Waals surface area contributed by atoms with E-state index in [4.69, 9.17) is 0 Å². The molecular formula is C12H8F2Te2. The van der Waals surface area contributed by atoms with E-state index in [1.165, 1.54) is 31.5 Å². The van der Waals surface area contributed by atoms with E-state index in [9.17, 15) is 8.78 Å². The van der Waals surface area contributed by atoms with Gasteiger partial charge >= 0.3 is 110 Å². The first-order valence-electron chi connectivity index (χ1n) is 4.60. The molecule has 0 bridgehead atoms. The first kappa shape index (κ1) is 12.3. The molecule has 0 aliphatic rings. The number of benzene rings is 2. The molecule has 16 heavy (non-hydrogen) atoms. The van der Waals surface area contributed by atoms with E-state index < -0.39 is 0 Å². The molecule has 0 heterocycles. The van der Waals surface area contributed by atoms with Crippen molar-refractivity contribution in [3.63, 3.8) is 0 Å². The SMILES string of the molecule is Fc1ccc([Te][Te]c2ccc(F)cc2)cc1. The van der Waals surface area contributed by atoms with Gasteiger partial charge in [0.05, 0.1) is 0 Å². The van der Waals surface area contributed by atoms with Crippen LogP contribution in [0.25, 0.3) is 0 Å². The molecule has 4 heteroatoms. The Hall–Kier alpha value is -0.121. The van der Waals surface area contributed by atoms with Crippen LogP contribution in [0.5, 0.6) is 0 Å². The van der Waals surface area contributed by atoms with Gasteiger partial charge in [-0.15, -0.1) is 0 Å². The first-order chi connectivity index (χ1) is 7.74. The van der Waals surface area contributed by atoms with Gasteiger partial charge < -0.3 is 0 Å². The molecule has 0 atom stereocenters. The van der Waals surface area contributed by atoms with Crippen LogP contribution in [0.3, 0.4) is 0 Å². The Morgan fingerprint density at radius 2 is 0.875 bits per heavy atom. The molecule has 2 aromatic rings. The maximum atomic E-state index is 12.7. The summed E-state index contributed by atoms with van der Waals surface area (Å²) in [5.74, 6) is -0.364. The Morgan fingerprint density at radius 3 is 1.19 bits per heavy atom. The molecule has 2 rings (SSSR count). The molecule has 0 unspecified atom stereocenters. The van der Waals surface area contributed by atoms with Crippen LogP contribution in [-0.2, 0) is 0 Å². The van der Waals surface area contributed by atoms with E-state index in [0.717, 1.165) is 0 Å². The molecule has 0 aromatic heterocycles. The monoisotopic (exact) mass is 450 g/mol. The zero-order valence-electron chi connectivity index (χ0n) is 8.19. The molecule has 0 aliphatic heterocycles. The summed E-state index contributed by atoms with van der Waals surface area (Å²) in [7, 11) is 0. The van der Waals surface area contributed by atoms with E-state index in [2.05, 4.69) is 0 Å². The van der Waals surface area contributed by atoms with E-state index in [0.29, 0.717) is 0 Å². The third kappa shape index (κ3) is 3.72. The molecule has 0 saturated heterocycles. The van der Waals surface area contributed by atoms with Gasteiger partial charge in [0.1, 0.15) is 0 Å². The summed E-state index contributed by atoms with van der Waals surface area (Å²) in [5.41, 5.74) is 0. The summed E-state index contributed by atoms with van der Waals surface area (Å²) in [6.45, 7) is 0. The third-order valence-electron chi connectivity index (χ3n) is 1.86.